The molecule has 0 radical (unpaired) electrons. The molecule has 0 saturated carbocycles. The van der Waals surface area contributed by atoms with Crippen LogP contribution in [0.2, 0.25) is 0 Å². The molecular weight excluding hydrogens is 164 g/mol. The Bertz CT molecular complexity index is 193. The van der Waals surface area contributed by atoms with Gasteiger partial charge in [0.2, 0.25) is 0 Å². The van der Waals surface area contributed by atoms with E-state index in [1.54, 1.807) is 0 Å². The van der Waals surface area contributed by atoms with Crippen LogP contribution in [0.5, 0.6) is 0 Å². The van der Waals surface area contributed by atoms with Crippen LogP contribution in [0, 0.1) is 11.3 Å². The summed E-state index contributed by atoms with van der Waals surface area (Å²) < 4.78 is 5.23. The Morgan fingerprint density at radius 1 is 1.62 bits per heavy atom. The number of rotatable bonds is 4. The highest BCUT2D eigenvalue weighted by Gasteiger charge is 2.13. The molecule has 0 bridgehead atoms. The quantitative estimate of drug-likeness (QED) is 0.648. The first kappa shape index (κ1) is 10.3. The second-order valence-corrected chi connectivity index (χ2v) is 3.67. The molecule has 0 aromatic rings. The molecule has 1 atom stereocenters. The molecule has 0 amide bonds. The minimum absolute atomic E-state index is 0.410. The molecule has 3 nitrogen and oxygen atoms in total. The van der Waals surface area contributed by atoms with Crippen LogP contribution in [0.25, 0.3) is 0 Å². The van der Waals surface area contributed by atoms with Gasteiger partial charge in [0.25, 0.3) is 0 Å². The minimum atomic E-state index is 0.410. The van der Waals surface area contributed by atoms with Crippen molar-refractivity contribution in [3.8, 4) is 0 Å². The average molecular weight is 182 g/mol. The molecule has 1 rings (SSSR count). The summed E-state index contributed by atoms with van der Waals surface area (Å²) in [6, 6.07) is 0.439. The van der Waals surface area contributed by atoms with E-state index in [0.29, 0.717) is 12.0 Å². The van der Waals surface area contributed by atoms with Gasteiger partial charge in [-0.3, -0.25) is 0 Å². The number of hydrogen-bond donors (Lipinski definition) is 2. The van der Waals surface area contributed by atoms with Gasteiger partial charge in [-0.1, -0.05) is 13.8 Å². The predicted molar refractivity (Wildman–Crippen MR) is 54.1 cm³/mol. The third kappa shape index (κ3) is 3.19. The number of allylic oxidation sites excluding steroid dienone is 1. The van der Waals surface area contributed by atoms with Gasteiger partial charge in [0.1, 0.15) is 0 Å². The zero-order valence-corrected chi connectivity index (χ0v) is 8.34. The van der Waals surface area contributed by atoms with Crippen molar-refractivity contribution in [2.24, 2.45) is 5.92 Å². The molecule has 0 aromatic heterocycles. The van der Waals surface area contributed by atoms with Gasteiger partial charge in [0, 0.05) is 19.0 Å². The van der Waals surface area contributed by atoms with Gasteiger partial charge in [-0.25, -0.2) is 0 Å². The SMILES string of the molecule is CC(C)/C(C=N)=C/NC1CCOC1. The van der Waals surface area contributed by atoms with Crippen LogP contribution < -0.4 is 5.32 Å². The van der Waals surface area contributed by atoms with Crippen LogP contribution in [0.1, 0.15) is 20.3 Å². The topological polar surface area (TPSA) is 45.1 Å². The summed E-state index contributed by atoms with van der Waals surface area (Å²) in [6.45, 7) is 5.82. The maximum atomic E-state index is 7.20. The van der Waals surface area contributed by atoms with Gasteiger partial charge in [0.05, 0.1) is 12.6 Å². The molecule has 1 unspecified atom stereocenters. The van der Waals surface area contributed by atoms with Crippen molar-refractivity contribution in [2.45, 2.75) is 26.3 Å². The number of hydrogen-bond acceptors (Lipinski definition) is 3. The van der Waals surface area contributed by atoms with Gasteiger partial charge in [-0.2, -0.15) is 0 Å². The fourth-order valence-electron chi connectivity index (χ4n) is 1.26. The van der Waals surface area contributed by atoms with Gasteiger partial charge < -0.3 is 15.5 Å². The Labute approximate surface area is 79.7 Å². The first-order valence-corrected chi connectivity index (χ1v) is 4.78. The standard InChI is InChI=1S/C10H18N2O/c1-8(2)9(5-11)6-12-10-3-4-13-7-10/h5-6,8,10-12H,3-4,7H2,1-2H3/b9-6+,11-5?. The lowest BCUT2D eigenvalue weighted by Crippen LogP contribution is -2.25. The zero-order chi connectivity index (χ0) is 9.68. The van der Waals surface area contributed by atoms with E-state index in [0.717, 1.165) is 25.2 Å². The molecule has 1 saturated heterocycles. The summed E-state index contributed by atoms with van der Waals surface area (Å²) >= 11 is 0. The largest absolute Gasteiger partial charge is 0.385 e. The van der Waals surface area contributed by atoms with E-state index in [-0.39, 0.29) is 0 Å². The van der Waals surface area contributed by atoms with Crippen molar-refractivity contribution < 1.29 is 4.74 Å². The first-order chi connectivity index (χ1) is 6.24. The van der Waals surface area contributed by atoms with Crippen LogP contribution in [-0.2, 0) is 4.74 Å². The van der Waals surface area contributed by atoms with Crippen LogP contribution in [0.3, 0.4) is 0 Å². The van der Waals surface area contributed by atoms with E-state index in [2.05, 4.69) is 19.2 Å². The van der Waals surface area contributed by atoms with Crippen LogP contribution >= 0.6 is 0 Å². The van der Waals surface area contributed by atoms with Crippen LogP contribution in [-0.4, -0.2) is 25.5 Å². The third-order valence-electron chi connectivity index (χ3n) is 2.25. The summed E-state index contributed by atoms with van der Waals surface area (Å²) in [5.74, 6) is 0.410. The van der Waals surface area contributed by atoms with E-state index in [1.165, 1.54) is 6.21 Å². The molecule has 1 fully saturated rings. The molecular formula is C10H18N2O. The highest BCUT2D eigenvalue weighted by molar-refractivity contribution is 5.75. The minimum Gasteiger partial charge on any atom is -0.385 e. The summed E-state index contributed by atoms with van der Waals surface area (Å²) in [5, 5.41) is 10.5. The second kappa shape index (κ2) is 5.02. The zero-order valence-electron chi connectivity index (χ0n) is 8.34. The van der Waals surface area contributed by atoms with Crippen molar-refractivity contribution in [2.75, 3.05) is 13.2 Å². The lowest BCUT2D eigenvalue weighted by molar-refractivity contribution is 0.191. The predicted octanol–water partition coefficient (Wildman–Crippen LogP) is 1.55. The Hall–Kier alpha value is -0.830. The fraction of sp³-hybridized carbons (Fsp3) is 0.700. The fourth-order valence-corrected chi connectivity index (χ4v) is 1.26. The molecule has 0 aliphatic carbocycles. The van der Waals surface area contributed by atoms with Gasteiger partial charge >= 0.3 is 0 Å². The Morgan fingerprint density at radius 2 is 2.38 bits per heavy atom. The van der Waals surface area contributed by atoms with Gasteiger partial charge in [-0.15, -0.1) is 0 Å². The normalized spacial score (nSPS) is 23.6. The maximum Gasteiger partial charge on any atom is 0.0668 e. The van der Waals surface area contributed by atoms with E-state index >= 15 is 0 Å². The van der Waals surface area contributed by atoms with Crippen molar-refractivity contribution in [3.05, 3.63) is 11.8 Å². The molecule has 13 heavy (non-hydrogen) atoms. The highest BCUT2D eigenvalue weighted by Crippen LogP contribution is 2.07. The van der Waals surface area contributed by atoms with Crippen LogP contribution in [0.15, 0.2) is 11.8 Å². The smallest absolute Gasteiger partial charge is 0.0668 e. The maximum absolute atomic E-state index is 7.20. The Morgan fingerprint density at radius 3 is 2.85 bits per heavy atom. The van der Waals surface area contributed by atoms with E-state index < -0.39 is 0 Å². The average Bonchev–Trinajstić information content (AvgIpc) is 2.57. The first-order valence-electron chi connectivity index (χ1n) is 4.78. The molecule has 1 heterocycles. The number of ether oxygens (including phenoxy) is 1. The van der Waals surface area contributed by atoms with E-state index in [4.69, 9.17) is 10.1 Å². The Kier molecular flexibility index (Phi) is 3.96. The molecule has 1 aliphatic heterocycles. The molecule has 0 spiro atoms. The lowest BCUT2D eigenvalue weighted by Gasteiger charge is -2.10. The molecule has 74 valence electrons. The summed E-state index contributed by atoms with van der Waals surface area (Å²) in [6.07, 6.45) is 4.42. The van der Waals surface area contributed by atoms with Crippen molar-refractivity contribution in [1.82, 2.24) is 5.32 Å². The van der Waals surface area contributed by atoms with E-state index in [1.807, 2.05) is 6.20 Å². The lowest BCUT2D eigenvalue weighted by atomic mass is 10.1. The van der Waals surface area contributed by atoms with Crippen molar-refractivity contribution >= 4 is 6.21 Å². The number of nitrogens with one attached hydrogen (secondary N) is 2. The molecule has 3 heteroatoms. The van der Waals surface area contributed by atoms with Crippen molar-refractivity contribution in [3.63, 3.8) is 0 Å². The summed E-state index contributed by atoms with van der Waals surface area (Å²) in [5.41, 5.74) is 1.03. The summed E-state index contributed by atoms with van der Waals surface area (Å²) in [7, 11) is 0. The molecule has 2 N–H and O–H groups in total. The molecule has 1 aliphatic rings. The highest BCUT2D eigenvalue weighted by atomic mass is 16.5. The van der Waals surface area contributed by atoms with Gasteiger partial charge in [0.15, 0.2) is 0 Å². The second-order valence-electron chi connectivity index (χ2n) is 3.67. The van der Waals surface area contributed by atoms with Crippen molar-refractivity contribution in [1.29, 1.82) is 5.41 Å². The van der Waals surface area contributed by atoms with Crippen LogP contribution in [0.4, 0.5) is 0 Å². The van der Waals surface area contributed by atoms with E-state index in [9.17, 15) is 0 Å². The third-order valence-corrected chi connectivity index (χ3v) is 2.25. The molecule has 0 aromatic carbocycles. The summed E-state index contributed by atoms with van der Waals surface area (Å²) in [4.78, 5) is 0. The van der Waals surface area contributed by atoms with Gasteiger partial charge in [-0.05, 0) is 17.9 Å². The monoisotopic (exact) mass is 182 g/mol. The Balaban J connectivity index is 2.39.